The molecule has 1 fully saturated rings. The lowest BCUT2D eigenvalue weighted by molar-refractivity contribution is 0.0754. The number of piperidine rings is 1. The maximum Gasteiger partial charge on any atom is 0.275 e. The Morgan fingerprint density at radius 1 is 1.00 bits per heavy atom. The quantitative estimate of drug-likeness (QED) is 0.904. The van der Waals surface area contributed by atoms with Gasteiger partial charge in [-0.25, -0.2) is 5.01 Å². The Bertz CT molecular complexity index is 438. The smallest absolute Gasteiger partial charge is 0.275 e. The number of aryl methyl sites for hydroxylation is 2. The Labute approximate surface area is 125 Å². The van der Waals surface area contributed by atoms with Crippen molar-refractivity contribution in [2.45, 2.75) is 57.8 Å². The molecule has 1 saturated heterocycles. The molecule has 0 aromatic carbocycles. The molecule has 3 nitrogen and oxygen atoms in total. The van der Waals surface area contributed by atoms with Crippen molar-refractivity contribution in [1.29, 1.82) is 0 Å². The Morgan fingerprint density at radius 3 is 2.50 bits per heavy atom. The molecule has 20 heavy (non-hydrogen) atoms. The van der Waals surface area contributed by atoms with Crippen LogP contribution in [0.15, 0.2) is 6.07 Å². The summed E-state index contributed by atoms with van der Waals surface area (Å²) in [6, 6.07) is 2.14. The molecular formula is C16H24N2OS. The van der Waals surface area contributed by atoms with E-state index in [9.17, 15) is 4.79 Å². The topological polar surface area (TPSA) is 32.3 Å². The van der Waals surface area contributed by atoms with Crippen LogP contribution in [0.3, 0.4) is 0 Å². The highest BCUT2D eigenvalue weighted by atomic mass is 32.1. The number of carbonyl (C=O) groups excluding carboxylic acids is 1. The first-order chi connectivity index (χ1) is 9.83. The van der Waals surface area contributed by atoms with Crippen LogP contribution in [-0.2, 0) is 12.8 Å². The number of rotatable bonds is 2. The zero-order chi connectivity index (χ0) is 13.8. The molecule has 0 saturated carbocycles. The summed E-state index contributed by atoms with van der Waals surface area (Å²) in [5.41, 5.74) is 4.51. The molecule has 110 valence electrons. The number of carbonyl (C=O) groups is 1. The number of hydrogen-bond acceptors (Lipinski definition) is 3. The van der Waals surface area contributed by atoms with Gasteiger partial charge in [-0.2, -0.15) is 0 Å². The van der Waals surface area contributed by atoms with E-state index in [1.807, 2.05) is 0 Å². The predicted molar refractivity (Wildman–Crippen MR) is 83.1 cm³/mol. The van der Waals surface area contributed by atoms with Gasteiger partial charge in [-0.1, -0.05) is 19.3 Å². The lowest BCUT2D eigenvalue weighted by Gasteiger charge is -2.26. The molecule has 1 amide bonds. The van der Waals surface area contributed by atoms with Crippen molar-refractivity contribution in [3.63, 3.8) is 0 Å². The summed E-state index contributed by atoms with van der Waals surface area (Å²) >= 11 is 1.72. The molecule has 3 rings (SSSR count). The molecule has 0 atom stereocenters. The highest BCUT2D eigenvalue weighted by molar-refractivity contribution is 7.14. The van der Waals surface area contributed by atoms with Gasteiger partial charge in [-0.05, 0) is 50.2 Å². The van der Waals surface area contributed by atoms with Gasteiger partial charge >= 0.3 is 0 Å². The number of hydrogen-bond donors (Lipinski definition) is 1. The molecule has 1 aliphatic carbocycles. The van der Waals surface area contributed by atoms with Crippen LogP contribution < -0.4 is 5.43 Å². The summed E-state index contributed by atoms with van der Waals surface area (Å²) in [7, 11) is 0. The van der Waals surface area contributed by atoms with E-state index in [2.05, 4.69) is 16.5 Å². The molecule has 0 radical (unpaired) electrons. The molecule has 0 spiro atoms. The first-order valence-corrected chi connectivity index (χ1v) is 8.82. The van der Waals surface area contributed by atoms with E-state index in [0.717, 1.165) is 30.8 Å². The summed E-state index contributed by atoms with van der Waals surface area (Å²) in [6.45, 7) is 1.99. The minimum absolute atomic E-state index is 0.101. The van der Waals surface area contributed by atoms with Crippen LogP contribution in [0.2, 0.25) is 0 Å². The average Bonchev–Trinajstić information content (AvgIpc) is 2.82. The minimum Gasteiger partial charge on any atom is -0.284 e. The van der Waals surface area contributed by atoms with Crippen LogP contribution in [-0.4, -0.2) is 24.0 Å². The minimum atomic E-state index is 0.101. The Hall–Kier alpha value is -0.870. The fourth-order valence-electron chi connectivity index (χ4n) is 3.16. The van der Waals surface area contributed by atoms with Crippen LogP contribution in [0.5, 0.6) is 0 Å². The zero-order valence-corrected chi connectivity index (χ0v) is 12.9. The Balaban J connectivity index is 1.66. The van der Waals surface area contributed by atoms with Crippen LogP contribution >= 0.6 is 11.3 Å². The zero-order valence-electron chi connectivity index (χ0n) is 12.1. The van der Waals surface area contributed by atoms with Crippen molar-refractivity contribution in [2.75, 3.05) is 13.1 Å². The van der Waals surface area contributed by atoms with E-state index in [-0.39, 0.29) is 5.91 Å². The van der Waals surface area contributed by atoms with Gasteiger partial charge in [0.15, 0.2) is 0 Å². The van der Waals surface area contributed by atoms with Gasteiger partial charge in [0, 0.05) is 18.0 Å². The first kappa shape index (κ1) is 14.1. The van der Waals surface area contributed by atoms with Gasteiger partial charge in [0.2, 0.25) is 0 Å². The lowest BCUT2D eigenvalue weighted by atomic mass is 10.00. The van der Waals surface area contributed by atoms with Crippen molar-refractivity contribution in [3.8, 4) is 0 Å². The van der Waals surface area contributed by atoms with Crippen LogP contribution in [0, 0.1) is 0 Å². The fraction of sp³-hybridized carbons (Fsp3) is 0.688. The number of amides is 1. The molecule has 1 aromatic heterocycles. The normalized spacial score (nSPS) is 20.8. The number of fused-ring (bicyclic) bond motifs is 1. The van der Waals surface area contributed by atoms with E-state index < -0.39 is 0 Å². The van der Waals surface area contributed by atoms with E-state index in [1.54, 1.807) is 11.3 Å². The molecule has 4 heteroatoms. The first-order valence-electron chi connectivity index (χ1n) is 8.00. The standard InChI is InChI=1S/C16H24N2OS/c19-16(17-18-10-6-3-7-11-18)15-12-13-8-4-1-2-5-9-14(13)20-15/h12H,1-11H2,(H,17,19). The highest BCUT2D eigenvalue weighted by Gasteiger charge is 2.18. The number of nitrogens with zero attached hydrogens (tertiary/aromatic N) is 1. The lowest BCUT2D eigenvalue weighted by Crippen LogP contribution is -2.44. The molecule has 0 bridgehead atoms. The molecule has 2 heterocycles. The number of hydrazine groups is 1. The number of nitrogens with one attached hydrogen (secondary N) is 1. The molecule has 0 unspecified atom stereocenters. The van der Waals surface area contributed by atoms with E-state index in [4.69, 9.17) is 0 Å². The summed E-state index contributed by atoms with van der Waals surface area (Å²) in [6.07, 6.45) is 11.2. The van der Waals surface area contributed by atoms with Crippen molar-refractivity contribution in [1.82, 2.24) is 10.4 Å². The largest absolute Gasteiger partial charge is 0.284 e. The van der Waals surface area contributed by atoms with Gasteiger partial charge in [0.1, 0.15) is 0 Å². The number of thiophene rings is 1. The van der Waals surface area contributed by atoms with E-state index >= 15 is 0 Å². The molecular weight excluding hydrogens is 268 g/mol. The second-order valence-corrected chi connectivity index (χ2v) is 7.10. The van der Waals surface area contributed by atoms with Crippen molar-refractivity contribution >= 4 is 17.2 Å². The second kappa shape index (κ2) is 6.72. The SMILES string of the molecule is O=C(NN1CCCCC1)c1cc2c(s1)CCCCCC2. The second-order valence-electron chi connectivity index (χ2n) is 5.96. The molecule has 1 aromatic rings. The van der Waals surface area contributed by atoms with Gasteiger partial charge in [0.05, 0.1) is 4.88 Å². The van der Waals surface area contributed by atoms with Gasteiger partial charge in [-0.3, -0.25) is 10.2 Å². The van der Waals surface area contributed by atoms with Crippen LogP contribution in [0.25, 0.3) is 0 Å². The Morgan fingerprint density at radius 2 is 1.70 bits per heavy atom. The van der Waals surface area contributed by atoms with Crippen LogP contribution in [0.4, 0.5) is 0 Å². The van der Waals surface area contributed by atoms with E-state index in [0.29, 0.717) is 0 Å². The Kier molecular flexibility index (Phi) is 4.73. The van der Waals surface area contributed by atoms with Gasteiger partial charge < -0.3 is 0 Å². The van der Waals surface area contributed by atoms with Gasteiger partial charge in [0.25, 0.3) is 5.91 Å². The van der Waals surface area contributed by atoms with Crippen LogP contribution in [0.1, 0.15) is 65.1 Å². The molecule has 2 aliphatic rings. The summed E-state index contributed by atoms with van der Waals surface area (Å²) in [4.78, 5) is 14.7. The van der Waals surface area contributed by atoms with Crippen molar-refractivity contribution < 1.29 is 4.79 Å². The van der Waals surface area contributed by atoms with Crippen molar-refractivity contribution in [2.24, 2.45) is 0 Å². The maximum absolute atomic E-state index is 12.4. The van der Waals surface area contributed by atoms with Gasteiger partial charge in [-0.15, -0.1) is 11.3 Å². The third-order valence-electron chi connectivity index (χ3n) is 4.34. The maximum atomic E-state index is 12.4. The third-order valence-corrected chi connectivity index (χ3v) is 5.57. The monoisotopic (exact) mass is 292 g/mol. The summed E-state index contributed by atoms with van der Waals surface area (Å²) < 4.78 is 0. The van der Waals surface area contributed by atoms with Crippen molar-refractivity contribution in [3.05, 3.63) is 21.4 Å². The highest BCUT2D eigenvalue weighted by Crippen LogP contribution is 2.28. The molecule has 1 N–H and O–H groups in total. The molecule has 1 aliphatic heterocycles. The van der Waals surface area contributed by atoms with E-state index in [1.165, 1.54) is 55.4 Å². The third kappa shape index (κ3) is 3.41. The fourth-order valence-corrected chi connectivity index (χ4v) is 4.30. The average molecular weight is 292 g/mol. The summed E-state index contributed by atoms with van der Waals surface area (Å²) in [5.74, 6) is 0.101. The predicted octanol–water partition coefficient (Wildman–Crippen LogP) is 3.54. The summed E-state index contributed by atoms with van der Waals surface area (Å²) in [5, 5.41) is 2.09.